The minimum atomic E-state index is 0.717. The second-order valence-electron chi connectivity index (χ2n) is 3.87. The van der Waals surface area contributed by atoms with Crippen LogP contribution in [0.25, 0.3) is 5.65 Å². The molecular formula is C13H11ClN4S. The van der Waals surface area contributed by atoms with E-state index in [0.29, 0.717) is 5.02 Å². The number of halogens is 1. The van der Waals surface area contributed by atoms with E-state index in [1.165, 1.54) is 11.8 Å². The van der Waals surface area contributed by atoms with Crippen LogP contribution in [0.4, 0.5) is 5.82 Å². The van der Waals surface area contributed by atoms with E-state index in [2.05, 4.69) is 15.3 Å². The molecule has 19 heavy (non-hydrogen) atoms. The third-order valence-electron chi connectivity index (χ3n) is 2.64. The lowest BCUT2D eigenvalue weighted by atomic mass is 10.4. The van der Waals surface area contributed by atoms with Crippen molar-refractivity contribution in [3.05, 3.63) is 47.9 Å². The van der Waals surface area contributed by atoms with Gasteiger partial charge in [0.1, 0.15) is 10.8 Å². The molecule has 0 aliphatic rings. The molecule has 4 nitrogen and oxygen atoms in total. The Balaban J connectivity index is 2.09. The van der Waals surface area contributed by atoms with Crippen LogP contribution in [0.1, 0.15) is 0 Å². The number of fused-ring (bicyclic) bond motifs is 1. The van der Waals surface area contributed by atoms with Gasteiger partial charge in [0.15, 0.2) is 5.65 Å². The molecule has 1 N–H and O–H groups in total. The number of imidazole rings is 1. The van der Waals surface area contributed by atoms with E-state index in [9.17, 15) is 0 Å². The van der Waals surface area contributed by atoms with Crippen LogP contribution in [0.3, 0.4) is 0 Å². The van der Waals surface area contributed by atoms with Gasteiger partial charge >= 0.3 is 0 Å². The summed E-state index contributed by atoms with van der Waals surface area (Å²) in [6.07, 6.45) is 5.56. The van der Waals surface area contributed by atoms with Gasteiger partial charge in [-0.1, -0.05) is 35.5 Å². The molecule has 0 radical (unpaired) electrons. The number of benzene rings is 1. The van der Waals surface area contributed by atoms with Crippen molar-refractivity contribution >= 4 is 34.8 Å². The molecule has 2 heterocycles. The standard InChI is InChI=1S/C13H11ClN4S/c1-15-11-8-18-7-6-16-12(18)13(17-11)19-10-5-3-2-4-9(10)14/h2-8,15H,1H3. The van der Waals surface area contributed by atoms with Gasteiger partial charge in [0.2, 0.25) is 0 Å². The summed E-state index contributed by atoms with van der Waals surface area (Å²) < 4.78 is 1.94. The molecule has 6 heteroatoms. The van der Waals surface area contributed by atoms with Gasteiger partial charge in [-0.3, -0.25) is 0 Å². The summed E-state index contributed by atoms with van der Waals surface area (Å²) in [7, 11) is 1.84. The minimum absolute atomic E-state index is 0.717. The van der Waals surface area contributed by atoms with Crippen molar-refractivity contribution in [2.45, 2.75) is 9.92 Å². The van der Waals surface area contributed by atoms with Crippen LogP contribution in [0.2, 0.25) is 5.02 Å². The Morgan fingerprint density at radius 3 is 2.95 bits per heavy atom. The fourth-order valence-electron chi connectivity index (χ4n) is 1.72. The summed E-state index contributed by atoms with van der Waals surface area (Å²) >= 11 is 7.69. The molecule has 0 fully saturated rings. The maximum Gasteiger partial charge on any atom is 0.170 e. The number of nitrogens with one attached hydrogen (secondary N) is 1. The molecule has 0 aliphatic carbocycles. The highest BCUT2D eigenvalue weighted by molar-refractivity contribution is 7.99. The molecule has 3 rings (SSSR count). The predicted octanol–water partition coefficient (Wildman–Crippen LogP) is 3.58. The topological polar surface area (TPSA) is 42.2 Å². The first-order chi connectivity index (χ1) is 9.28. The van der Waals surface area contributed by atoms with Crippen molar-refractivity contribution in [2.24, 2.45) is 0 Å². The average molecular weight is 291 g/mol. The van der Waals surface area contributed by atoms with E-state index in [1.54, 1.807) is 6.20 Å². The minimum Gasteiger partial charge on any atom is -0.372 e. The predicted molar refractivity (Wildman–Crippen MR) is 78.1 cm³/mol. The number of hydrogen-bond acceptors (Lipinski definition) is 4. The Morgan fingerprint density at radius 1 is 1.32 bits per heavy atom. The Bertz CT molecular complexity index is 725. The van der Waals surface area contributed by atoms with Gasteiger partial charge in [-0.2, -0.15) is 0 Å². The molecule has 0 amide bonds. The summed E-state index contributed by atoms with van der Waals surface area (Å²) in [5.41, 5.74) is 0.823. The Kier molecular flexibility index (Phi) is 3.31. The lowest BCUT2D eigenvalue weighted by Crippen LogP contribution is -1.98. The van der Waals surface area contributed by atoms with Crippen LogP contribution in [0, 0.1) is 0 Å². The maximum atomic E-state index is 6.18. The molecule has 0 saturated carbocycles. The van der Waals surface area contributed by atoms with Gasteiger partial charge in [-0.05, 0) is 12.1 Å². The highest BCUT2D eigenvalue weighted by Gasteiger charge is 2.10. The van der Waals surface area contributed by atoms with Gasteiger partial charge in [0, 0.05) is 24.3 Å². The number of nitrogens with zero attached hydrogens (tertiary/aromatic N) is 3. The molecule has 0 aliphatic heterocycles. The fraction of sp³-hybridized carbons (Fsp3) is 0.0769. The van der Waals surface area contributed by atoms with E-state index in [4.69, 9.17) is 11.6 Å². The quantitative estimate of drug-likeness (QED) is 0.801. The van der Waals surface area contributed by atoms with Crippen molar-refractivity contribution in [1.82, 2.24) is 14.4 Å². The molecule has 0 spiro atoms. The highest BCUT2D eigenvalue weighted by Crippen LogP contribution is 2.34. The first kappa shape index (κ1) is 12.3. The van der Waals surface area contributed by atoms with Crippen LogP contribution >= 0.6 is 23.4 Å². The van der Waals surface area contributed by atoms with E-state index < -0.39 is 0 Å². The van der Waals surface area contributed by atoms with E-state index in [1.807, 2.05) is 48.1 Å². The van der Waals surface area contributed by atoms with Crippen molar-refractivity contribution in [3.63, 3.8) is 0 Å². The third-order valence-corrected chi connectivity index (χ3v) is 4.13. The lowest BCUT2D eigenvalue weighted by Gasteiger charge is -2.07. The highest BCUT2D eigenvalue weighted by atomic mass is 35.5. The first-order valence-corrected chi connectivity index (χ1v) is 6.91. The van der Waals surface area contributed by atoms with Gasteiger partial charge in [-0.25, -0.2) is 9.97 Å². The summed E-state index contributed by atoms with van der Waals surface area (Å²) in [5, 5.41) is 4.58. The van der Waals surface area contributed by atoms with Gasteiger partial charge < -0.3 is 9.72 Å². The number of anilines is 1. The van der Waals surface area contributed by atoms with Crippen LogP contribution < -0.4 is 5.32 Å². The third kappa shape index (κ3) is 2.39. The largest absolute Gasteiger partial charge is 0.372 e. The molecule has 96 valence electrons. The molecule has 2 aromatic heterocycles. The van der Waals surface area contributed by atoms with Crippen LogP contribution in [0.5, 0.6) is 0 Å². The molecular weight excluding hydrogens is 280 g/mol. The summed E-state index contributed by atoms with van der Waals surface area (Å²) in [6, 6.07) is 7.71. The normalized spacial score (nSPS) is 10.8. The smallest absolute Gasteiger partial charge is 0.170 e. The van der Waals surface area contributed by atoms with Crippen molar-refractivity contribution in [3.8, 4) is 0 Å². The van der Waals surface area contributed by atoms with E-state index in [0.717, 1.165) is 21.4 Å². The Labute approximate surface area is 119 Å². The summed E-state index contributed by atoms with van der Waals surface area (Å²) in [5.74, 6) is 0.792. The zero-order valence-corrected chi connectivity index (χ0v) is 11.7. The second kappa shape index (κ2) is 5.11. The van der Waals surface area contributed by atoms with Crippen LogP contribution in [0.15, 0.2) is 52.8 Å². The van der Waals surface area contributed by atoms with Crippen molar-refractivity contribution in [2.75, 3.05) is 12.4 Å². The summed E-state index contributed by atoms with van der Waals surface area (Å²) in [4.78, 5) is 9.83. The zero-order valence-electron chi connectivity index (χ0n) is 10.2. The average Bonchev–Trinajstić information content (AvgIpc) is 2.89. The Hall–Kier alpha value is -1.72. The second-order valence-corrected chi connectivity index (χ2v) is 5.31. The maximum absolute atomic E-state index is 6.18. The summed E-state index contributed by atoms with van der Waals surface area (Å²) in [6.45, 7) is 0. The lowest BCUT2D eigenvalue weighted by molar-refractivity contribution is 1.03. The fourth-order valence-corrected chi connectivity index (χ4v) is 2.89. The molecule has 0 bridgehead atoms. The first-order valence-electron chi connectivity index (χ1n) is 5.72. The monoisotopic (exact) mass is 290 g/mol. The number of rotatable bonds is 3. The van der Waals surface area contributed by atoms with E-state index >= 15 is 0 Å². The van der Waals surface area contributed by atoms with Gasteiger partial charge in [-0.15, -0.1) is 0 Å². The Morgan fingerprint density at radius 2 is 2.16 bits per heavy atom. The molecule has 1 aromatic carbocycles. The number of aromatic nitrogens is 3. The van der Waals surface area contributed by atoms with Crippen LogP contribution in [-0.2, 0) is 0 Å². The molecule has 0 saturated heterocycles. The molecule has 0 atom stereocenters. The van der Waals surface area contributed by atoms with Gasteiger partial charge in [0.05, 0.1) is 11.2 Å². The van der Waals surface area contributed by atoms with Crippen molar-refractivity contribution in [1.29, 1.82) is 0 Å². The molecule has 0 unspecified atom stereocenters. The zero-order chi connectivity index (χ0) is 13.2. The number of hydrogen-bond donors (Lipinski definition) is 1. The van der Waals surface area contributed by atoms with Crippen LogP contribution in [-0.4, -0.2) is 21.4 Å². The van der Waals surface area contributed by atoms with E-state index in [-0.39, 0.29) is 0 Å². The van der Waals surface area contributed by atoms with Crippen molar-refractivity contribution < 1.29 is 0 Å². The SMILES string of the molecule is CNc1cn2ccnc2c(Sc2ccccc2Cl)n1. The molecule has 3 aromatic rings. The van der Waals surface area contributed by atoms with Gasteiger partial charge in [0.25, 0.3) is 0 Å².